The molecule has 0 spiro atoms. The average molecular weight is 281 g/mol. The van der Waals surface area contributed by atoms with Crippen molar-refractivity contribution in [2.24, 2.45) is 5.73 Å². The number of nitrogens with two attached hydrogens (primary N) is 1. The first-order chi connectivity index (χ1) is 9.68. The maximum Gasteiger partial charge on any atom is 0.236 e. The summed E-state index contributed by atoms with van der Waals surface area (Å²) in [6.07, 6.45) is 9.82. The zero-order chi connectivity index (χ0) is 14.4. The fourth-order valence-corrected chi connectivity index (χ4v) is 3.58. The Hall–Kier alpha value is -0.610. The summed E-state index contributed by atoms with van der Waals surface area (Å²) in [5.41, 5.74) is 6.09. The first-order valence-electron chi connectivity index (χ1n) is 8.46. The van der Waals surface area contributed by atoms with Crippen LogP contribution >= 0.6 is 0 Å². The molecule has 2 heterocycles. The van der Waals surface area contributed by atoms with Gasteiger partial charge in [-0.25, -0.2) is 0 Å². The van der Waals surface area contributed by atoms with Gasteiger partial charge in [0.2, 0.25) is 5.91 Å². The number of rotatable bonds is 3. The maximum atomic E-state index is 12.5. The van der Waals surface area contributed by atoms with Crippen molar-refractivity contribution in [2.75, 3.05) is 26.2 Å². The first kappa shape index (κ1) is 15.8. The molecule has 2 rings (SSSR count). The largest absolute Gasteiger partial charge is 0.342 e. The lowest BCUT2D eigenvalue weighted by Crippen LogP contribution is -2.53. The van der Waals surface area contributed by atoms with E-state index in [-0.39, 0.29) is 6.04 Å². The minimum atomic E-state index is 0.162. The highest BCUT2D eigenvalue weighted by molar-refractivity contribution is 5.78. The van der Waals surface area contributed by atoms with Crippen molar-refractivity contribution in [3.8, 4) is 0 Å². The summed E-state index contributed by atoms with van der Waals surface area (Å²) in [5.74, 6) is 0.319. The lowest BCUT2D eigenvalue weighted by molar-refractivity contribution is -0.133. The Morgan fingerprint density at radius 1 is 1.05 bits per heavy atom. The number of amides is 1. The molecule has 4 nitrogen and oxygen atoms in total. The van der Waals surface area contributed by atoms with Crippen LogP contribution in [0.2, 0.25) is 0 Å². The Kier molecular flexibility index (Phi) is 6.30. The molecule has 0 aromatic rings. The van der Waals surface area contributed by atoms with Gasteiger partial charge in [0.25, 0.3) is 0 Å². The highest BCUT2D eigenvalue weighted by Gasteiger charge is 2.28. The molecule has 4 heteroatoms. The van der Waals surface area contributed by atoms with E-state index in [1.54, 1.807) is 0 Å². The van der Waals surface area contributed by atoms with Crippen LogP contribution in [0.1, 0.15) is 58.3 Å². The molecule has 2 unspecified atom stereocenters. The molecule has 0 saturated carbocycles. The van der Waals surface area contributed by atoms with E-state index in [0.717, 1.165) is 26.1 Å². The maximum absolute atomic E-state index is 12.5. The molecule has 1 amide bonds. The van der Waals surface area contributed by atoms with Crippen LogP contribution in [0, 0.1) is 0 Å². The van der Waals surface area contributed by atoms with Crippen molar-refractivity contribution in [1.82, 2.24) is 9.80 Å². The van der Waals surface area contributed by atoms with E-state index in [1.165, 1.54) is 44.9 Å². The van der Waals surface area contributed by atoms with Crippen LogP contribution in [-0.4, -0.2) is 54.0 Å². The minimum absolute atomic E-state index is 0.162. The number of hydrogen-bond acceptors (Lipinski definition) is 3. The fraction of sp³-hybridized carbons (Fsp3) is 0.938. The number of carbonyl (C=O) groups excluding carboxylic acids is 1. The van der Waals surface area contributed by atoms with Gasteiger partial charge in [-0.3, -0.25) is 9.69 Å². The SMILES string of the molecule is CC(N)C1CCCCN1CC(=O)N1CCCCCCC1. The molecular weight excluding hydrogens is 250 g/mol. The molecule has 2 aliphatic heterocycles. The summed E-state index contributed by atoms with van der Waals surface area (Å²) in [5, 5.41) is 0. The van der Waals surface area contributed by atoms with E-state index in [0.29, 0.717) is 18.5 Å². The molecule has 2 aliphatic rings. The van der Waals surface area contributed by atoms with Crippen molar-refractivity contribution in [1.29, 1.82) is 0 Å². The van der Waals surface area contributed by atoms with Crippen molar-refractivity contribution in [2.45, 2.75) is 70.4 Å². The van der Waals surface area contributed by atoms with Gasteiger partial charge in [-0.1, -0.05) is 25.7 Å². The van der Waals surface area contributed by atoms with Gasteiger partial charge >= 0.3 is 0 Å². The first-order valence-corrected chi connectivity index (χ1v) is 8.46. The molecule has 0 aromatic heterocycles. The smallest absolute Gasteiger partial charge is 0.236 e. The van der Waals surface area contributed by atoms with Crippen LogP contribution in [0.5, 0.6) is 0 Å². The molecule has 2 N–H and O–H groups in total. The van der Waals surface area contributed by atoms with E-state index in [4.69, 9.17) is 5.73 Å². The summed E-state index contributed by atoms with van der Waals surface area (Å²) in [4.78, 5) is 17.0. The molecule has 2 atom stereocenters. The number of piperidine rings is 1. The quantitative estimate of drug-likeness (QED) is 0.860. The average Bonchev–Trinajstić information content (AvgIpc) is 2.38. The van der Waals surface area contributed by atoms with Crippen molar-refractivity contribution >= 4 is 5.91 Å². The third-order valence-corrected chi connectivity index (χ3v) is 4.82. The summed E-state index contributed by atoms with van der Waals surface area (Å²) < 4.78 is 0. The Morgan fingerprint density at radius 2 is 1.65 bits per heavy atom. The van der Waals surface area contributed by atoms with E-state index >= 15 is 0 Å². The molecule has 20 heavy (non-hydrogen) atoms. The normalized spacial score (nSPS) is 27.7. The summed E-state index contributed by atoms with van der Waals surface area (Å²) in [6.45, 7) is 5.59. The Labute approximate surface area is 123 Å². The van der Waals surface area contributed by atoms with Gasteiger partial charge in [-0.05, 0) is 39.2 Å². The van der Waals surface area contributed by atoms with Crippen LogP contribution in [0.4, 0.5) is 0 Å². The predicted octanol–water partition coefficient (Wildman–Crippen LogP) is 1.98. The standard InChI is InChI=1S/C16H31N3O/c1-14(17)15-9-5-8-12-19(15)13-16(20)18-10-6-3-2-4-7-11-18/h14-15H,2-13,17H2,1H3. The second kappa shape index (κ2) is 7.99. The lowest BCUT2D eigenvalue weighted by atomic mass is 9.97. The molecule has 0 radical (unpaired) electrons. The predicted molar refractivity (Wildman–Crippen MR) is 82.5 cm³/mol. The summed E-state index contributed by atoms with van der Waals surface area (Å²) in [6, 6.07) is 0.554. The van der Waals surface area contributed by atoms with Gasteiger partial charge in [0.05, 0.1) is 6.54 Å². The second-order valence-corrected chi connectivity index (χ2v) is 6.54. The Morgan fingerprint density at radius 3 is 2.30 bits per heavy atom. The van der Waals surface area contributed by atoms with Crippen LogP contribution in [-0.2, 0) is 4.79 Å². The summed E-state index contributed by atoms with van der Waals surface area (Å²) in [7, 11) is 0. The van der Waals surface area contributed by atoms with E-state index in [1.807, 2.05) is 0 Å². The van der Waals surface area contributed by atoms with Gasteiger partial charge in [0.1, 0.15) is 0 Å². The van der Waals surface area contributed by atoms with Crippen molar-refractivity contribution < 1.29 is 4.79 Å². The molecular formula is C16H31N3O. The Balaban J connectivity index is 1.87. The van der Waals surface area contributed by atoms with Gasteiger partial charge in [-0.15, -0.1) is 0 Å². The summed E-state index contributed by atoms with van der Waals surface area (Å²) >= 11 is 0. The van der Waals surface area contributed by atoms with Gasteiger partial charge < -0.3 is 10.6 Å². The second-order valence-electron chi connectivity index (χ2n) is 6.54. The van der Waals surface area contributed by atoms with Crippen LogP contribution in [0.15, 0.2) is 0 Å². The van der Waals surface area contributed by atoms with Crippen LogP contribution < -0.4 is 5.73 Å². The monoisotopic (exact) mass is 281 g/mol. The van der Waals surface area contributed by atoms with E-state index in [9.17, 15) is 4.79 Å². The zero-order valence-electron chi connectivity index (χ0n) is 13.0. The zero-order valence-corrected chi connectivity index (χ0v) is 13.0. The van der Waals surface area contributed by atoms with Crippen molar-refractivity contribution in [3.63, 3.8) is 0 Å². The molecule has 116 valence electrons. The highest BCUT2D eigenvalue weighted by atomic mass is 16.2. The van der Waals surface area contributed by atoms with Gasteiger partial charge in [0.15, 0.2) is 0 Å². The van der Waals surface area contributed by atoms with Crippen LogP contribution in [0.25, 0.3) is 0 Å². The van der Waals surface area contributed by atoms with E-state index < -0.39 is 0 Å². The minimum Gasteiger partial charge on any atom is -0.342 e. The van der Waals surface area contributed by atoms with Gasteiger partial charge in [-0.2, -0.15) is 0 Å². The fourth-order valence-electron chi connectivity index (χ4n) is 3.58. The lowest BCUT2D eigenvalue weighted by Gasteiger charge is -2.38. The van der Waals surface area contributed by atoms with Crippen LogP contribution in [0.3, 0.4) is 0 Å². The highest BCUT2D eigenvalue weighted by Crippen LogP contribution is 2.19. The molecule has 0 aliphatic carbocycles. The molecule has 2 fully saturated rings. The number of nitrogens with zero attached hydrogens (tertiary/aromatic N) is 2. The number of carbonyl (C=O) groups is 1. The third kappa shape index (κ3) is 4.45. The number of likely N-dealkylation sites (tertiary alicyclic amines) is 2. The van der Waals surface area contributed by atoms with E-state index in [2.05, 4.69) is 16.7 Å². The Bertz CT molecular complexity index is 298. The third-order valence-electron chi connectivity index (χ3n) is 4.82. The molecule has 0 aromatic carbocycles. The van der Waals surface area contributed by atoms with Gasteiger partial charge in [0, 0.05) is 25.2 Å². The molecule has 0 bridgehead atoms. The topological polar surface area (TPSA) is 49.6 Å². The molecule has 2 saturated heterocycles. The van der Waals surface area contributed by atoms with Crippen molar-refractivity contribution in [3.05, 3.63) is 0 Å². The number of hydrogen-bond donors (Lipinski definition) is 1.